The van der Waals surface area contributed by atoms with Gasteiger partial charge in [-0.25, -0.2) is 0 Å². The molecule has 0 radical (unpaired) electrons. The van der Waals surface area contributed by atoms with Gasteiger partial charge in [0, 0.05) is 12.7 Å². The van der Waals surface area contributed by atoms with E-state index in [9.17, 15) is 0 Å². The van der Waals surface area contributed by atoms with E-state index >= 15 is 0 Å². The Morgan fingerprint density at radius 2 is 1.21 bits per heavy atom. The highest BCUT2D eigenvalue weighted by Crippen LogP contribution is 2.32. The largest absolute Gasteiger partial charge is 0.388 e. The molecular formula is C21H27N3. The van der Waals surface area contributed by atoms with E-state index in [-0.39, 0.29) is 0 Å². The van der Waals surface area contributed by atoms with Crippen LogP contribution in [0.1, 0.15) is 56.4 Å². The summed E-state index contributed by atoms with van der Waals surface area (Å²) in [5.41, 5.74) is 4.34. The van der Waals surface area contributed by atoms with Crippen LogP contribution in [0.4, 0.5) is 17.1 Å². The molecule has 0 spiro atoms. The molecule has 1 fully saturated rings. The van der Waals surface area contributed by atoms with Gasteiger partial charge in [0.2, 0.25) is 0 Å². The van der Waals surface area contributed by atoms with Crippen molar-refractivity contribution >= 4 is 17.1 Å². The highest BCUT2D eigenvalue weighted by atomic mass is 15.1. The minimum absolute atomic E-state index is 0.727. The Labute approximate surface area is 145 Å². The molecule has 2 aromatic carbocycles. The molecule has 3 heteroatoms. The van der Waals surface area contributed by atoms with E-state index in [1.165, 1.54) is 50.5 Å². The number of azo groups is 1. The molecule has 0 saturated heterocycles. The molecule has 0 amide bonds. The molecule has 2 aromatic rings. The average Bonchev–Trinajstić information content (AvgIpc) is 2.61. The molecule has 1 aliphatic rings. The topological polar surface area (TPSA) is 36.8 Å². The van der Waals surface area contributed by atoms with Crippen LogP contribution in [0.25, 0.3) is 0 Å². The second kappa shape index (κ2) is 8.62. The van der Waals surface area contributed by atoms with Crippen molar-refractivity contribution in [3.63, 3.8) is 0 Å². The zero-order valence-corrected chi connectivity index (χ0v) is 14.5. The van der Waals surface area contributed by atoms with Crippen LogP contribution in [0.5, 0.6) is 0 Å². The van der Waals surface area contributed by atoms with Crippen LogP contribution in [0.3, 0.4) is 0 Å². The van der Waals surface area contributed by atoms with Crippen LogP contribution in [0.2, 0.25) is 0 Å². The lowest BCUT2D eigenvalue weighted by molar-refractivity contribution is 0.455. The molecule has 24 heavy (non-hydrogen) atoms. The maximum absolute atomic E-state index is 4.36. The smallest absolute Gasteiger partial charge is 0.0858 e. The van der Waals surface area contributed by atoms with Gasteiger partial charge in [-0.05, 0) is 60.7 Å². The summed E-state index contributed by atoms with van der Waals surface area (Å²) in [4.78, 5) is 0. The first-order valence-corrected chi connectivity index (χ1v) is 9.15. The lowest BCUT2D eigenvalue weighted by Gasteiger charge is -2.20. The summed E-state index contributed by atoms with van der Waals surface area (Å²) in [6, 6.07) is 16.6. The Bertz CT molecular complexity index is 636. The summed E-state index contributed by atoms with van der Waals surface area (Å²) in [5, 5.41) is 11.8. The number of hydrogen-bond donors (Lipinski definition) is 1. The minimum atomic E-state index is 0.727. The first-order valence-electron chi connectivity index (χ1n) is 9.15. The number of benzene rings is 2. The molecule has 126 valence electrons. The Morgan fingerprint density at radius 1 is 0.708 bits per heavy atom. The van der Waals surface area contributed by atoms with E-state index < -0.39 is 0 Å². The van der Waals surface area contributed by atoms with Gasteiger partial charge in [-0.2, -0.15) is 10.2 Å². The number of nitrogens with zero attached hydrogens (tertiary/aromatic N) is 2. The third kappa shape index (κ3) is 4.67. The normalized spacial score (nSPS) is 16.7. The van der Waals surface area contributed by atoms with Gasteiger partial charge in [-0.1, -0.05) is 44.2 Å². The molecule has 0 heterocycles. The quantitative estimate of drug-likeness (QED) is 0.606. The Kier molecular flexibility index (Phi) is 6.00. The summed E-state index contributed by atoms with van der Waals surface area (Å²) < 4.78 is 0. The van der Waals surface area contributed by atoms with E-state index in [0.29, 0.717) is 0 Å². The van der Waals surface area contributed by atoms with E-state index in [1.807, 2.05) is 31.3 Å². The molecule has 1 aliphatic carbocycles. The van der Waals surface area contributed by atoms with Crippen molar-refractivity contribution in [3.05, 3.63) is 54.1 Å². The van der Waals surface area contributed by atoms with Gasteiger partial charge in [-0.3, -0.25) is 0 Å². The van der Waals surface area contributed by atoms with Crippen LogP contribution in [-0.2, 0) is 0 Å². The maximum atomic E-state index is 4.36. The van der Waals surface area contributed by atoms with Gasteiger partial charge >= 0.3 is 0 Å². The molecule has 3 rings (SSSR count). The Balaban J connectivity index is 1.63. The Morgan fingerprint density at radius 3 is 1.75 bits per heavy atom. The van der Waals surface area contributed by atoms with E-state index in [4.69, 9.17) is 0 Å². The summed E-state index contributed by atoms with van der Waals surface area (Å²) in [5.74, 6) is 0.727. The van der Waals surface area contributed by atoms with Crippen molar-refractivity contribution in [3.8, 4) is 0 Å². The molecule has 1 N–H and O–H groups in total. The van der Waals surface area contributed by atoms with Gasteiger partial charge in [0.25, 0.3) is 0 Å². The summed E-state index contributed by atoms with van der Waals surface area (Å²) in [6.45, 7) is 0. The molecular weight excluding hydrogens is 294 g/mol. The average molecular weight is 321 g/mol. The van der Waals surface area contributed by atoms with Gasteiger partial charge in [0.05, 0.1) is 11.4 Å². The minimum Gasteiger partial charge on any atom is -0.388 e. The standard InChI is InChI=1S/C21H27N3/c1-22-19-13-15-21(16-14-19)24-23-20-11-9-18(10-12-20)17-7-5-3-2-4-6-8-17/h9-17,22H,2-8H2,1H3/b24-23+. The molecule has 0 atom stereocenters. The van der Waals surface area contributed by atoms with E-state index in [2.05, 4.69) is 39.8 Å². The highest BCUT2D eigenvalue weighted by Gasteiger charge is 2.13. The number of anilines is 1. The summed E-state index contributed by atoms with van der Waals surface area (Å²) in [6.07, 6.45) is 9.62. The monoisotopic (exact) mass is 321 g/mol. The zero-order valence-electron chi connectivity index (χ0n) is 14.5. The van der Waals surface area contributed by atoms with Crippen LogP contribution in [0.15, 0.2) is 58.8 Å². The molecule has 0 aromatic heterocycles. The number of rotatable bonds is 4. The second-order valence-corrected chi connectivity index (χ2v) is 6.63. The van der Waals surface area contributed by atoms with Crippen molar-refractivity contribution < 1.29 is 0 Å². The molecule has 0 aliphatic heterocycles. The van der Waals surface area contributed by atoms with Gasteiger partial charge in [0.1, 0.15) is 0 Å². The molecule has 1 saturated carbocycles. The molecule has 3 nitrogen and oxygen atoms in total. The number of hydrogen-bond acceptors (Lipinski definition) is 3. The third-order valence-electron chi connectivity index (χ3n) is 4.91. The second-order valence-electron chi connectivity index (χ2n) is 6.63. The SMILES string of the molecule is CNc1ccc(/N=N/c2ccc(C3CCCCCCC3)cc2)cc1. The van der Waals surface area contributed by atoms with Crippen LogP contribution in [0, 0.1) is 0 Å². The first-order chi connectivity index (χ1) is 11.8. The fourth-order valence-electron chi connectivity index (χ4n) is 3.41. The van der Waals surface area contributed by atoms with Crippen molar-refractivity contribution in [2.45, 2.75) is 50.9 Å². The molecule has 0 unspecified atom stereocenters. The predicted octanol–water partition coefficient (Wildman–Crippen LogP) is 6.97. The van der Waals surface area contributed by atoms with E-state index in [1.54, 1.807) is 0 Å². The van der Waals surface area contributed by atoms with Crippen molar-refractivity contribution in [2.24, 2.45) is 10.2 Å². The maximum Gasteiger partial charge on any atom is 0.0858 e. The van der Waals surface area contributed by atoms with Crippen molar-refractivity contribution in [2.75, 3.05) is 12.4 Å². The number of nitrogens with one attached hydrogen (secondary N) is 1. The van der Waals surface area contributed by atoms with E-state index in [0.717, 1.165) is 23.0 Å². The Hall–Kier alpha value is -2.16. The van der Waals surface area contributed by atoms with Crippen molar-refractivity contribution in [1.29, 1.82) is 0 Å². The first kappa shape index (κ1) is 16.7. The van der Waals surface area contributed by atoms with Gasteiger partial charge in [0.15, 0.2) is 0 Å². The predicted molar refractivity (Wildman–Crippen MR) is 102 cm³/mol. The lowest BCUT2D eigenvalue weighted by Crippen LogP contribution is -2.01. The zero-order chi connectivity index (χ0) is 16.6. The molecule has 0 bridgehead atoms. The van der Waals surface area contributed by atoms with Gasteiger partial charge in [-0.15, -0.1) is 0 Å². The highest BCUT2D eigenvalue weighted by molar-refractivity contribution is 5.50. The van der Waals surface area contributed by atoms with Gasteiger partial charge < -0.3 is 5.32 Å². The fourth-order valence-corrected chi connectivity index (χ4v) is 3.41. The van der Waals surface area contributed by atoms with Crippen molar-refractivity contribution in [1.82, 2.24) is 0 Å². The summed E-state index contributed by atoms with van der Waals surface area (Å²) in [7, 11) is 1.91. The van der Waals surface area contributed by atoms with Crippen LogP contribution >= 0.6 is 0 Å². The lowest BCUT2D eigenvalue weighted by atomic mass is 9.86. The van der Waals surface area contributed by atoms with Crippen LogP contribution in [-0.4, -0.2) is 7.05 Å². The third-order valence-corrected chi connectivity index (χ3v) is 4.91. The fraction of sp³-hybridized carbons (Fsp3) is 0.429. The summed E-state index contributed by atoms with van der Waals surface area (Å²) >= 11 is 0. The van der Waals surface area contributed by atoms with Crippen LogP contribution < -0.4 is 5.32 Å².